The van der Waals surface area contributed by atoms with Crippen LogP contribution in [0.25, 0.3) is 10.2 Å². The normalized spacial score (nSPS) is 15.3. The Kier molecular flexibility index (Phi) is 2.13. The fourth-order valence-electron chi connectivity index (χ4n) is 2.39. The number of rotatable bonds is 1. The fourth-order valence-corrected chi connectivity index (χ4v) is 3.65. The van der Waals surface area contributed by atoms with Gasteiger partial charge in [-0.15, -0.1) is 11.3 Å². The molecule has 2 aromatic heterocycles. The lowest BCUT2D eigenvalue weighted by molar-refractivity contribution is 0.700. The lowest BCUT2D eigenvalue weighted by Gasteiger charge is -2.11. The van der Waals surface area contributed by atoms with Crippen LogP contribution < -0.4 is 5.32 Å². The van der Waals surface area contributed by atoms with Crippen LogP contribution in [0.3, 0.4) is 0 Å². The summed E-state index contributed by atoms with van der Waals surface area (Å²) in [5.74, 6) is 0. The van der Waals surface area contributed by atoms with Gasteiger partial charge in [-0.3, -0.25) is 0 Å². The standard InChI is InChI=1S/C12H14N2S/c1-13-9-6-7-14-12-11(9)8-4-2-3-5-10(8)15-12/h6-7H,2-5H2,1H3,(H,13,14). The van der Waals surface area contributed by atoms with Gasteiger partial charge in [-0.2, -0.15) is 0 Å². The average Bonchev–Trinajstić information content (AvgIpc) is 2.67. The maximum Gasteiger partial charge on any atom is 0.125 e. The third kappa shape index (κ3) is 1.34. The molecule has 0 bridgehead atoms. The van der Waals surface area contributed by atoms with E-state index in [0.29, 0.717) is 0 Å². The van der Waals surface area contributed by atoms with Gasteiger partial charge >= 0.3 is 0 Å². The molecule has 0 saturated carbocycles. The maximum absolute atomic E-state index is 4.47. The first-order valence-corrected chi connectivity index (χ1v) is 6.29. The van der Waals surface area contributed by atoms with Crippen molar-refractivity contribution in [2.45, 2.75) is 25.7 Å². The van der Waals surface area contributed by atoms with Crippen LogP contribution in [0.15, 0.2) is 12.3 Å². The number of anilines is 1. The van der Waals surface area contributed by atoms with E-state index in [9.17, 15) is 0 Å². The minimum atomic E-state index is 1.20. The summed E-state index contributed by atoms with van der Waals surface area (Å²) in [6, 6.07) is 2.07. The smallest absolute Gasteiger partial charge is 0.125 e. The summed E-state index contributed by atoms with van der Waals surface area (Å²) in [5, 5.41) is 4.65. The summed E-state index contributed by atoms with van der Waals surface area (Å²) in [7, 11) is 1.99. The van der Waals surface area contributed by atoms with Crippen molar-refractivity contribution in [2.75, 3.05) is 12.4 Å². The molecule has 3 rings (SSSR count). The Bertz CT molecular complexity index is 502. The maximum atomic E-state index is 4.47. The molecule has 0 fully saturated rings. The van der Waals surface area contributed by atoms with Gasteiger partial charge in [-0.05, 0) is 37.3 Å². The molecule has 0 aliphatic heterocycles. The quantitative estimate of drug-likeness (QED) is 0.795. The Morgan fingerprint density at radius 2 is 2.20 bits per heavy atom. The second-order valence-corrected chi connectivity index (χ2v) is 5.08. The van der Waals surface area contributed by atoms with Crippen molar-refractivity contribution < 1.29 is 0 Å². The zero-order valence-electron chi connectivity index (χ0n) is 8.84. The summed E-state index contributed by atoms with van der Waals surface area (Å²) < 4.78 is 0. The van der Waals surface area contributed by atoms with Crippen LogP contribution in [0, 0.1) is 0 Å². The lowest BCUT2D eigenvalue weighted by Crippen LogP contribution is -1.99. The van der Waals surface area contributed by atoms with Gasteiger partial charge in [0.05, 0.1) is 0 Å². The van der Waals surface area contributed by atoms with Gasteiger partial charge in [-0.25, -0.2) is 4.98 Å². The Hall–Kier alpha value is -1.09. The SMILES string of the molecule is CNc1ccnc2sc3c(c12)CCCC3. The first-order chi connectivity index (χ1) is 7.40. The van der Waals surface area contributed by atoms with Gasteiger partial charge in [-0.1, -0.05) is 0 Å². The number of hydrogen-bond donors (Lipinski definition) is 1. The Morgan fingerprint density at radius 1 is 1.33 bits per heavy atom. The van der Waals surface area contributed by atoms with E-state index in [2.05, 4.69) is 16.4 Å². The molecule has 0 amide bonds. The molecule has 0 aromatic carbocycles. The molecule has 2 aromatic rings. The molecular weight excluding hydrogens is 204 g/mol. The third-order valence-electron chi connectivity index (χ3n) is 3.12. The second kappa shape index (κ2) is 3.49. The number of aromatic nitrogens is 1. The van der Waals surface area contributed by atoms with Crippen molar-refractivity contribution in [2.24, 2.45) is 0 Å². The predicted molar refractivity (Wildman–Crippen MR) is 65.8 cm³/mol. The largest absolute Gasteiger partial charge is 0.387 e. The monoisotopic (exact) mass is 218 g/mol. The molecule has 0 saturated heterocycles. The van der Waals surface area contributed by atoms with E-state index in [1.165, 1.54) is 41.6 Å². The topological polar surface area (TPSA) is 24.9 Å². The molecule has 2 heterocycles. The molecule has 0 radical (unpaired) electrons. The van der Waals surface area contributed by atoms with Crippen molar-refractivity contribution in [3.8, 4) is 0 Å². The van der Waals surface area contributed by atoms with E-state index in [0.717, 1.165) is 0 Å². The molecule has 0 atom stereocenters. The first-order valence-electron chi connectivity index (χ1n) is 5.47. The molecule has 0 spiro atoms. The van der Waals surface area contributed by atoms with Gasteiger partial charge in [0.25, 0.3) is 0 Å². The summed E-state index contributed by atoms with van der Waals surface area (Å²) in [6.07, 6.45) is 7.05. The highest BCUT2D eigenvalue weighted by molar-refractivity contribution is 7.19. The lowest BCUT2D eigenvalue weighted by atomic mass is 9.96. The van der Waals surface area contributed by atoms with E-state index >= 15 is 0 Å². The van der Waals surface area contributed by atoms with Crippen LogP contribution in [0.2, 0.25) is 0 Å². The summed E-state index contributed by atoms with van der Waals surface area (Å²) >= 11 is 1.88. The van der Waals surface area contributed by atoms with Crippen LogP contribution >= 0.6 is 11.3 Å². The van der Waals surface area contributed by atoms with Gasteiger partial charge in [0, 0.05) is 29.2 Å². The Labute approximate surface area is 93.3 Å². The van der Waals surface area contributed by atoms with E-state index in [1.54, 1.807) is 10.4 Å². The van der Waals surface area contributed by atoms with Crippen LogP contribution in [0.1, 0.15) is 23.3 Å². The Balaban J connectivity index is 2.33. The molecule has 78 valence electrons. The zero-order chi connectivity index (χ0) is 10.3. The number of thiophene rings is 1. The van der Waals surface area contributed by atoms with Crippen LogP contribution in [0.4, 0.5) is 5.69 Å². The van der Waals surface area contributed by atoms with Gasteiger partial charge < -0.3 is 5.32 Å². The number of aryl methyl sites for hydroxylation is 2. The minimum absolute atomic E-state index is 1.20. The highest BCUT2D eigenvalue weighted by Crippen LogP contribution is 2.38. The third-order valence-corrected chi connectivity index (χ3v) is 4.32. The van der Waals surface area contributed by atoms with E-state index < -0.39 is 0 Å². The highest BCUT2D eigenvalue weighted by atomic mass is 32.1. The first kappa shape index (κ1) is 9.16. The van der Waals surface area contributed by atoms with E-state index in [-0.39, 0.29) is 0 Å². The summed E-state index contributed by atoms with van der Waals surface area (Å²) in [5.41, 5.74) is 2.79. The zero-order valence-corrected chi connectivity index (χ0v) is 9.66. The van der Waals surface area contributed by atoms with Crippen molar-refractivity contribution >= 4 is 27.2 Å². The average molecular weight is 218 g/mol. The molecule has 15 heavy (non-hydrogen) atoms. The molecule has 0 unspecified atom stereocenters. The summed E-state index contributed by atoms with van der Waals surface area (Å²) in [4.78, 5) is 7.24. The molecule has 1 aliphatic rings. The van der Waals surface area contributed by atoms with Crippen LogP contribution in [-0.2, 0) is 12.8 Å². The molecule has 1 aliphatic carbocycles. The minimum Gasteiger partial charge on any atom is -0.387 e. The number of nitrogens with one attached hydrogen (secondary N) is 1. The van der Waals surface area contributed by atoms with Gasteiger partial charge in [0.1, 0.15) is 4.83 Å². The van der Waals surface area contributed by atoms with E-state index in [4.69, 9.17) is 0 Å². The Morgan fingerprint density at radius 3 is 3.07 bits per heavy atom. The number of fused-ring (bicyclic) bond motifs is 3. The summed E-state index contributed by atoms with van der Waals surface area (Å²) in [6.45, 7) is 0. The van der Waals surface area contributed by atoms with Crippen molar-refractivity contribution in [3.63, 3.8) is 0 Å². The fraction of sp³-hybridized carbons (Fsp3) is 0.417. The van der Waals surface area contributed by atoms with Crippen LogP contribution in [-0.4, -0.2) is 12.0 Å². The number of nitrogens with zero attached hydrogens (tertiary/aromatic N) is 1. The molecule has 2 nitrogen and oxygen atoms in total. The van der Waals surface area contributed by atoms with E-state index in [1.807, 2.05) is 24.6 Å². The van der Waals surface area contributed by atoms with Gasteiger partial charge in [0.15, 0.2) is 0 Å². The second-order valence-electron chi connectivity index (χ2n) is 4.00. The van der Waals surface area contributed by atoms with Crippen molar-refractivity contribution in [3.05, 3.63) is 22.7 Å². The van der Waals surface area contributed by atoms with Gasteiger partial charge in [0.2, 0.25) is 0 Å². The predicted octanol–water partition coefficient (Wildman–Crippen LogP) is 3.22. The number of pyridine rings is 1. The molecular formula is C12H14N2S. The molecule has 3 heteroatoms. The highest BCUT2D eigenvalue weighted by Gasteiger charge is 2.18. The van der Waals surface area contributed by atoms with Crippen LogP contribution in [0.5, 0.6) is 0 Å². The number of hydrogen-bond acceptors (Lipinski definition) is 3. The van der Waals surface area contributed by atoms with Crippen molar-refractivity contribution in [1.82, 2.24) is 4.98 Å². The molecule has 1 N–H and O–H groups in total. The van der Waals surface area contributed by atoms with Crippen molar-refractivity contribution in [1.29, 1.82) is 0 Å².